The second-order valence-corrected chi connectivity index (χ2v) is 7.37. The second kappa shape index (κ2) is 9.76. The number of hydrogen-bond donors (Lipinski definition) is 2. The number of nitro groups is 1. The van der Waals surface area contributed by atoms with Gasteiger partial charge in [-0.25, -0.2) is 14.4 Å². The molecule has 30 heavy (non-hydrogen) atoms. The highest BCUT2D eigenvalue weighted by Crippen LogP contribution is 2.35. The van der Waals surface area contributed by atoms with Gasteiger partial charge in [0, 0.05) is 16.6 Å². The molecule has 156 valence electrons. The third-order valence-electron chi connectivity index (χ3n) is 3.90. The number of fused-ring (bicyclic) bond motifs is 1. The maximum absolute atomic E-state index is 14.2. The summed E-state index contributed by atoms with van der Waals surface area (Å²) in [6.07, 6.45) is 1.26. The van der Waals surface area contributed by atoms with Crippen molar-refractivity contribution in [2.24, 2.45) is 0 Å². The Morgan fingerprint density at radius 2 is 2.07 bits per heavy atom. The summed E-state index contributed by atoms with van der Waals surface area (Å²) in [4.78, 5) is 30.4. The lowest BCUT2D eigenvalue weighted by Gasteiger charge is -2.12. The van der Waals surface area contributed by atoms with E-state index in [9.17, 15) is 19.3 Å². The number of carbonyl (C=O) groups is 1. The van der Waals surface area contributed by atoms with Crippen LogP contribution in [-0.2, 0) is 4.79 Å². The summed E-state index contributed by atoms with van der Waals surface area (Å²) in [6.45, 7) is 0.213. The summed E-state index contributed by atoms with van der Waals surface area (Å²) in [5, 5.41) is 17.4. The molecule has 0 aliphatic carbocycles. The highest BCUT2D eigenvalue weighted by Gasteiger charge is 2.20. The molecule has 3 aromatic rings. The highest BCUT2D eigenvalue weighted by molar-refractivity contribution is 9.10. The van der Waals surface area contributed by atoms with Crippen LogP contribution in [0.15, 0.2) is 41.1 Å². The molecule has 0 spiro atoms. The van der Waals surface area contributed by atoms with Gasteiger partial charge in [-0.15, -0.1) is 0 Å². The van der Waals surface area contributed by atoms with E-state index in [0.717, 1.165) is 0 Å². The number of carbonyl (C=O) groups excluding carboxylic acids is 1. The average molecular weight is 543 g/mol. The van der Waals surface area contributed by atoms with Crippen molar-refractivity contribution in [3.63, 3.8) is 0 Å². The molecule has 0 unspecified atom stereocenters. The first-order valence-electron chi connectivity index (χ1n) is 8.49. The normalized spacial score (nSPS) is 10.6. The van der Waals surface area contributed by atoms with E-state index in [1.54, 1.807) is 6.07 Å². The number of benzene rings is 2. The molecule has 1 aromatic heterocycles. The van der Waals surface area contributed by atoms with Crippen LogP contribution in [0.2, 0.25) is 0 Å². The number of nitro benzene ring substituents is 1. The number of ether oxygens (including phenoxy) is 1. The molecule has 0 aliphatic rings. The van der Waals surface area contributed by atoms with Crippen LogP contribution in [0.25, 0.3) is 10.9 Å². The Morgan fingerprint density at radius 1 is 1.27 bits per heavy atom. The van der Waals surface area contributed by atoms with E-state index in [4.69, 9.17) is 4.74 Å². The molecule has 2 N–H and O–H groups in total. The first kappa shape index (κ1) is 21.8. The topological polar surface area (TPSA) is 119 Å². The van der Waals surface area contributed by atoms with Gasteiger partial charge in [0.1, 0.15) is 24.6 Å². The Morgan fingerprint density at radius 3 is 2.77 bits per heavy atom. The van der Waals surface area contributed by atoms with Gasteiger partial charge in [0.05, 0.1) is 33.4 Å². The van der Waals surface area contributed by atoms with Crippen LogP contribution < -0.4 is 15.4 Å². The Labute approximate surface area is 186 Å². The number of hydrogen-bond acceptors (Lipinski definition) is 7. The molecule has 0 fully saturated rings. The number of alkyl halides is 1. The van der Waals surface area contributed by atoms with Gasteiger partial charge >= 0.3 is 5.69 Å². The maximum Gasteiger partial charge on any atom is 0.311 e. The van der Waals surface area contributed by atoms with Crippen molar-refractivity contribution in [2.75, 3.05) is 23.8 Å². The molecule has 12 heteroatoms. The summed E-state index contributed by atoms with van der Waals surface area (Å²) in [5.74, 6) is -0.535. The van der Waals surface area contributed by atoms with E-state index >= 15 is 0 Å². The molecule has 1 amide bonds. The fourth-order valence-electron chi connectivity index (χ4n) is 2.55. The van der Waals surface area contributed by atoms with Crippen molar-refractivity contribution in [1.29, 1.82) is 0 Å². The Bertz CT molecular complexity index is 1120. The third-order valence-corrected chi connectivity index (χ3v) is 4.90. The van der Waals surface area contributed by atoms with Gasteiger partial charge in [-0.2, -0.15) is 0 Å². The van der Waals surface area contributed by atoms with E-state index in [2.05, 4.69) is 52.5 Å². The summed E-state index contributed by atoms with van der Waals surface area (Å²) >= 11 is 6.20. The van der Waals surface area contributed by atoms with Crippen molar-refractivity contribution in [2.45, 2.75) is 0 Å². The minimum Gasteiger partial charge on any atom is -0.485 e. The summed E-state index contributed by atoms with van der Waals surface area (Å²) in [6, 6.07) is 7.12. The minimum atomic E-state index is -0.594. The van der Waals surface area contributed by atoms with E-state index < -0.39 is 10.7 Å². The van der Waals surface area contributed by atoms with Gasteiger partial charge in [-0.05, 0) is 18.2 Å². The molecule has 0 radical (unpaired) electrons. The Balaban J connectivity index is 1.91. The molecule has 0 saturated carbocycles. The van der Waals surface area contributed by atoms with Crippen LogP contribution in [0.4, 0.5) is 21.6 Å². The average Bonchev–Trinajstić information content (AvgIpc) is 2.72. The quantitative estimate of drug-likeness (QED) is 0.190. The van der Waals surface area contributed by atoms with Crippen LogP contribution in [0.5, 0.6) is 5.75 Å². The number of nitrogens with zero attached hydrogens (tertiary/aromatic N) is 3. The molecular formula is C18H14Br2FN5O4. The highest BCUT2D eigenvalue weighted by atomic mass is 79.9. The maximum atomic E-state index is 14.2. The number of anilines is 2. The van der Waals surface area contributed by atoms with Crippen LogP contribution in [0.3, 0.4) is 0 Å². The zero-order valence-corrected chi connectivity index (χ0v) is 18.4. The van der Waals surface area contributed by atoms with Crippen molar-refractivity contribution in [3.05, 3.63) is 57.1 Å². The minimum absolute atomic E-state index is 0.0000587. The lowest BCUT2D eigenvalue weighted by Crippen LogP contribution is -2.28. The van der Waals surface area contributed by atoms with Gasteiger partial charge in [-0.1, -0.05) is 31.9 Å². The molecule has 0 saturated heterocycles. The van der Waals surface area contributed by atoms with E-state index in [1.165, 1.54) is 30.6 Å². The third kappa shape index (κ3) is 5.19. The second-order valence-electron chi connectivity index (χ2n) is 5.90. The summed E-state index contributed by atoms with van der Waals surface area (Å²) < 4.78 is 20.2. The summed E-state index contributed by atoms with van der Waals surface area (Å²) in [7, 11) is 0. The van der Waals surface area contributed by atoms with Gasteiger partial charge < -0.3 is 15.4 Å². The van der Waals surface area contributed by atoms with Crippen molar-refractivity contribution < 1.29 is 18.8 Å². The smallest absolute Gasteiger partial charge is 0.311 e. The molecule has 9 nitrogen and oxygen atoms in total. The molecule has 1 heterocycles. The predicted octanol–water partition coefficient (Wildman–Crippen LogP) is 4.07. The van der Waals surface area contributed by atoms with E-state index in [0.29, 0.717) is 15.4 Å². The fourth-order valence-corrected chi connectivity index (χ4v) is 3.08. The first-order valence-corrected chi connectivity index (χ1v) is 10.4. The largest absolute Gasteiger partial charge is 0.485 e. The van der Waals surface area contributed by atoms with E-state index in [-0.39, 0.29) is 47.3 Å². The van der Waals surface area contributed by atoms with Gasteiger partial charge in [-0.3, -0.25) is 14.9 Å². The SMILES string of the molecule is O=C(CBr)NCCOc1cc2ncnc(Nc3ccc(Br)cc3F)c2cc1[N+](=O)[O-]. The van der Waals surface area contributed by atoms with Crippen LogP contribution >= 0.6 is 31.9 Å². The van der Waals surface area contributed by atoms with Crippen molar-refractivity contribution in [3.8, 4) is 5.75 Å². The van der Waals surface area contributed by atoms with Crippen molar-refractivity contribution in [1.82, 2.24) is 15.3 Å². The van der Waals surface area contributed by atoms with Gasteiger partial charge in [0.25, 0.3) is 0 Å². The standard InChI is InChI=1S/C18H14Br2FN5O4/c19-8-17(27)22-3-4-30-16-7-14-11(6-15(16)26(28)29)18(24-9-23-14)25-13-2-1-10(20)5-12(13)21/h1-2,5-7,9H,3-4,8H2,(H,22,27)(H,23,24,25). The number of amides is 1. The van der Waals surface area contributed by atoms with Crippen LogP contribution in [0, 0.1) is 15.9 Å². The number of halogens is 3. The zero-order chi connectivity index (χ0) is 21.7. The molecule has 0 bridgehead atoms. The fraction of sp³-hybridized carbons (Fsp3) is 0.167. The predicted molar refractivity (Wildman–Crippen MR) is 116 cm³/mol. The number of aromatic nitrogens is 2. The van der Waals surface area contributed by atoms with Crippen molar-refractivity contribution >= 4 is 65.9 Å². The first-order chi connectivity index (χ1) is 14.4. The molecule has 0 atom stereocenters. The zero-order valence-electron chi connectivity index (χ0n) is 15.2. The summed E-state index contributed by atoms with van der Waals surface area (Å²) in [5.41, 5.74) is 0.224. The lowest BCUT2D eigenvalue weighted by molar-refractivity contribution is -0.385. The molecule has 0 aliphatic heterocycles. The number of nitrogens with one attached hydrogen (secondary N) is 2. The number of rotatable bonds is 8. The lowest BCUT2D eigenvalue weighted by atomic mass is 10.2. The van der Waals surface area contributed by atoms with Crippen LogP contribution in [0.1, 0.15) is 0 Å². The monoisotopic (exact) mass is 541 g/mol. The molecule has 2 aromatic carbocycles. The molecular weight excluding hydrogens is 529 g/mol. The Kier molecular flexibility index (Phi) is 7.11. The molecule has 3 rings (SSSR count). The Hall–Kier alpha value is -2.86. The van der Waals surface area contributed by atoms with Gasteiger partial charge in [0.2, 0.25) is 5.91 Å². The van der Waals surface area contributed by atoms with Crippen LogP contribution in [-0.4, -0.2) is 39.3 Å². The van der Waals surface area contributed by atoms with E-state index in [1.807, 2.05) is 0 Å². The van der Waals surface area contributed by atoms with Gasteiger partial charge in [0.15, 0.2) is 5.75 Å².